The Morgan fingerprint density at radius 3 is 2.23 bits per heavy atom. The van der Waals surface area contributed by atoms with Crippen LogP contribution < -0.4 is 10.2 Å². The van der Waals surface area contributed by atoms with Crippen molar-refractivity contribution in [2.45, 2.75) is 25.0 Å². The number of rotatable bonds is 9. The predicted octanol–water partition coefficient (Wildman–Crippen LogP) is 1.03. The Labute approximate surface area is 179 Å². The van der Waals surface area contributed by atoms with Gasteiger partial charge in [-0.15, -0.1) is 0 Å². The number of benzene rings is 2. The first kappa shape index (κ1) is 22.5. The average molecular weight is 431 g/mol. The molecule has 1 amide bonds. The van der Waals surface area contributed by atoms with Crippen LogP contribution >= 0.6 is 0 Å². The van der Waals surface area contributed by atoms with Crippen molar-refractivity contribution in [3.8, 4) is 0 Å². The summed E-state index contributed by atoms with van der Waals surface area (Å²) in [5, 5.41) is 3.06. The van der Waals surface area contributed by atoms with Crippen molar-refractivity contribution in [3.05, 3.63) is 71.8 Å². The fraction of sp³-hybridized carbons (Fsp3) is 0.435. The second kappa shape index (κ2) is 10.7. The molecule has 6 nitrogen and oxygen atoms in total. The summed E-state index contributed by atoms with van der Waals surface area (Å²) in [5.41, 5.74) is 2.04. The first-order chi connectivity index (χ1) is 14.5. The van der Waals surface area contributed by atoms with Crippen molar-refractivity contribution in [1.82, 2.24) is 9.62 Å². The number of nitrogens with zero attached hydrogens (tertiary/aromatic N) is 1. The smallest absolute Gasteiger partial charge is 0.275 e. The van der Waals surface area contributed by atoms with E-state index in [4.69, 9.17) is 0 Å². The van der Waals surface area contributed by atoms with Crippen molar-refractivity contribution < 1.29 is 18.1 Å². The van der Waals surface area contributed by atoms with E-state index in [1.165, 1.54) is 5.56 Å². The maximum absolute atomic E-state index is 12.7. The Morgan fingerprint density at radius 2 is 1.63 bits per heavy atom. The van der Waals surface area contributed by atoms with E-state index < -0.39 is 10.0 Å². The maximum atomic E-state index is 12.7. The van der Waals surface area contributed by atoms with Gasteiger partial charge in [0.1, 0.15) is 0 Å². The summed E-state index contributed by atoms with van der Waals surface area (Å²) >= 11 is 0. The molecule has 1 atom stereocenters. The number of amides is 1. The zero-order chi connectivity index (χ0) is 21.4. The molecule has 30 heavy (non-hydrogen) atoms. The van der Waals surface area contributed by atoms with E-state index in [0.29, 0.717) is 45.2 Å². The molecule has 3 rings (SSSR count). The number of quaternary nitrogens is 1. The molecule has 0 bridgehead atoms. The molecule has 1 aliphatic rings. The van der Waals surface area contributed by atoms with Crippen LogP contribution in [0.5, 0.6) is 0 Å². The molecule has 2 aromatic carbocycles. The largest absolute Gasteiger partial charge is 0.351 e. The Hall–Kier alpha value is -2.22. The zero-order valence-electron chi connectivity index (χ0n) is 17.6. The number of carbonyl (C=O) groups is 1. The molecule has 2 N–H and O–H groups in total. The molecule has 0 aromatic heterocycles. The van der Waals surface area contributed by atoms with Crippen LogP contribution in [0.2, 0.25) is 0 Å². The van der Waals surface area contributed by atoms with E-state index in [9.17, 15) is 13.2 Å². The topological polar surface area (TPSA) is 70.9 Å². The first-order valence-corrected chi connectivity index (χ1v) is 12.3. The fourth-order valence-corrected chi connectivity index (χ4v) is 5.42. The van der Waals surface area contributed by atoms with Crippen LogP contribution in [0.25, 0.3) is 0 Å². The standard InChI is InChI=1S/C23H31N3O3S/c1-2-21(22-11-7-4-8-12-22)17-24-23(27)18-25-13-15-26(16-14-25)30(28,29)19-20-9-5-3-6-10-20/h3-12,21H,2,13-19H2,1H3,(H,24,27)/p+1/t21-/m1/s1. The average Bonchev–Trinajstić information content (AvgIpc) is 2.76. The number of piperazine rings is 1. The van der Waals surface area contributed by atoms with Crippen molar-refractivity contribution in [2.24, 2.45) is 0 Å². The van der Waals surface area contributed by atoms with Crippen LogP contribution in [0, 0.1) is 0 Å². The summed E-state index contributed by atoms with van der Waals surface area (Å²) in [6.45, 7) is 5.36. The van der Waals surface area contributed by atoms with Crippen LogP contribution in [0.3, 0.4) is 0 Å². The molecular weight excluding hydrogens is 398 g/mol. The Bertz CT molecular complexity index is 896. The van der Waals surface area contributed by atoms with Gasteiger partial charge in [-0.2, -0.15) is 4.31 Å². The minimum atomic E-state index is -3.32. The summed E-state index contributed by atoms with van der Waals surface area (Å²) in [6, 6.07) is 19.5. The lowest BCUT2D eigenvalue weighted by molar-refractivity contribution is -0.895. The van der Waals surface area contributed by atoms with Gasteiger partial charge < -0.3 is 10.2 Å². The van der Waals surface area contributed by atoms with Gasteiger partial charge in [-0.05, 0) is 17.5 Å². The molecule has 0 radical (unpaired) electrons. The Kier molecular flexibility index (Phi) is 8.01. The zero-order valence-corrected chi connectivity index (χ0v) is 18.4. The van der Waals surface area contributed by atoms with Crippen LogP contribution in [0.15, 0.2) is 60.7 Å². The Balaban J connectivity index is 1.43. The number of hydrogen-bond donors (Lipinski definition) is 2. The molecule has 1 heterocycles. The van der Waals surface area contributed by atoms with E-state index in [1.807, 2.05) is 48.5 Å². The van der Waals surface area contributed by atoms with E-state index in [1.54, 1.807) is 4.31 Å². The number of nitrogens with one attached hydrogen (secondary N) is 2. The lowest BCUT2D eigenvalue weighted by atomic mass is 9.96. The number of carbonyl (C=O) groups excluding carboxylic acids is 1. The van der Waals surface area contributed by atoms with E-state index in [0.717, 1.165) is 16.9 Å². The molecule has 0 saturated carbocycles. The minimum Gasteiger partial charge on any atom is -0.351 e. The molecule has 2 aromatic rings. The molecule has 0 unspecified atom stereocenters. The molecule has 0 spiro atoms. The lowest BCUT2D eigenvalue weighted by Gasteiger charge is -2.31. The summed E-state index contributed by atoms with van der Waals surface area (Å²) in [6.07, 6.45) is 0.967. The van der Waals surface area contributed by atoms with Gasteiger partial charge in [0.15, 0.2) is 6.54 Å². The SMILES string of the molecule is CC[C@H](CNC(=O)C[NH+]1CCN(S(=O)(=O)Cc2ccccc2)CC1)c1ccccc1. The Morgan fingerprint density at radius 1 is 1.03 bits per heavy atom. The molecule has 7 heteroatoms. The third kappa shape index (κ3) is 6.39. The summed E-state index contributed by atoms with van der Waals surface area (Å²) in [5.74, 6) is 0.367. The van der Waals surface area contributed by atoms with E-state index >= 15 is 0 Å². The lowest BCUT2D eigenvalue weighted by Crippen LogP contribution is -3.15. The van der Waals surface area contributed by atoms with Crippen LogP contribution in [-0.4, -0.2) is 57.9 Å². The molecular formula is C23H32N3O3S+. The van der Waals surface area contributed by atoms with E-state index in [2.05, 4.69) is 24.4 Å². The molecule has 1 aliphatic heterocycles. The maximum Gasteiger partial charge on any atom is 0.275 e. The third-order valence-electron chi connectivity index (χ3n) is 5.73. The van der Waals surface area contributed by atoms with Crippen molar-refractivity contribution in [1.29, 1.82) is 0 Å². The predicted molar refractivity (Wildman–Crippen MR) is 119 cm³/mol. The molecule has 1 fully saturated rings. The van der Waals surface area contributed by atoms with Crippen molar-refractivity contribution in [3.63, 3.8) is 0 Å². The highest BCUT2D eigenvalue weighted by Gasteiger charge is 2.30. The van der Waals surface area contributed by atoms with E-state index in [-0.39, 0.29) is 11.7 Å². The second-order valence-corrected chi connectivity index (χ2v) is 9.86. The van der Waals surface area contributed by atoms with Gasteiger partial charge in [0.25, 0.3) is 5.91 Å². The summed E-state index contributed by atoms with van der Waals surface area (Å²) < 4.78 is 26.9. The minimum absolute atomic E-state index is 0.0278. The molecule has 0 aliphatic carbocycles. The van der Waals surface area contributed by atoms with Gasteiger partial charge in [-0.3, -0.25) is 4.79 Å². The highest BCUT2D eigenvalue weighted by atomic mass is 32.2. The highest BCUT2D eigenvalue weighted by molar-refractivity contribution is 7.88. The van der Waals surface area contributed by atoms with Gasteiger partial charge >= 0.3 is 0 Å². The molecule has 1 saturated heterocycles. The quantitative estimate of drug-likeness (QED) is 0.624. The highest BCUT2D eigenvalue weighted by Crippen LogP contribution is 2.17. The summed E-state index contributed by atoms with van der Waals surface area (Å²) in [7, 11) is -3.32. The van der Waals surface area contributed by atoms with Crippen LogP contribution in [-0.2, 0) is 20.6 Å². The van der Waals surface area contributed by atoms with Crippen LogP contribution in [0.1, 0.15) is 30.4 Å². The van der Waals surface area contributed by atoms with Gasteiger partial charge in [0.05, 0.1) is 31.9 Å². The van der Waals surface area contributed by atoms with Gasteiger partial charge in [0, 0.05) is 12.5 Å². The monoisotopic (exact) mass is 430 g/mol. The van der Waals surface area contributed by atoms with Gasteiger partial charge in [-0.1, -0.05) is 67.6 Å². The van der Waals surface area contributed by atoms with Crippen LogP contribution in [0.4, 0.5) is 0 Å². The second-order valence-electron chi connectivity index (χ2n) is 7.89. The first-order valence-electron chi connectivity index (χ1n) is 10.6. The summed E-state index contributed by atoms with van der Waals surface area (Å²) in [4.78, 5) is 13.5. The number of sulfonamides is 1. The normalized spacial score (nSPS) is 16.8. The van der Waals surface area contributed by atoms with Gasteiger partial charge in [0.2, 0.25) is 10.0 Å². The number of hydrogen-bond acceptors (Lipinski definition) is 3. The van der Waals surface area contributed by atoms with Gasteiger partial charge in [-0.25, -0.2) is 8.42 Å². The third-order valence-corrected chi connectivity index (χ3v) is 7.58. The fourth-order valence-electron chi connectivity index (χ4n) is 3.88. The van der Waals surface area contributed by atoms with Crippen molar-refractivity contribution >= 4 is 15.9 Å². The van der Waals surface area contributed by atoms with Crippen molar-refractivity contribution in [2.75, 3.05) is 39.3 Å². The molecule has 162 valence electrons.